The van der Waals surface area contributed by atoms with Crippen LogP contribution < -0.4 is 20.1 Å². The minimum absolute atomic E-state index is 0.120. The van der Waals surface area contributed by atoms with Crippen molar-refractivity contribution in [3.63, 3.8) is 0 Å². The molecule has 0 aliphatic carbocycles. The fraction of sp³-hybridized carbons (Fsp3) is 0.500. The summed E-state index contributed by atoms with van der Waals surface area (Å²) in [4.78, 5) is 10.1. The lowest BCUT2D eigenvalue weighted by molar-refractivity contribution is 0.353. The normalized spacial score (nSPS) is 12.0. The molecule has 2 N–H and O–H groups in total. The van der Waals surface area contributed by atoms with E-state index < -0.39 is 0 Å². The van der Waals surface area contributed by atoms with Gasteiger partial charge in [0, 0.05) is 23.9 Å². The molecule has 0 spiro atoms. The van der Waals surface area contributed by atoms with Crippen LogP contribution >= 0.6 is 11.3 Å². The number of nitrogens with one attached hydrogen (secondary N) is 2. The molecule has 0 amide bonds. The Morgan fingerprint density at radius 2 is 1.85 bits per heavy atom. The summed E-state index contributed by atoms with van der Waals surface area (Å²) < 4.78 is 10.8. The van der Waals surface area contributed by atoms with E-state index in [4.69, 9.17) is 9.47 Å². The van der Waals surface area contributed by atoms with Crippen LogP contribution in [0, 0.1) is 13.8 Å². The lowest BCUT2D eigenvalue weighted by atomic mass is 9.84. The van der Waals surface area contributed by atoms with Gasteiger partial charge in [-0.05, 0) is 31.5 Å². The topological polar surface area (TPSA) is 67.8 Å². The van der Waals surface area contributed by atoms with Gasteiger partial charge in [0.05, 0.1) is 26.5 Å². The van der Waals surface area contributed by atoms with E-state index in [1.54, 1.807) is 32.6 Å². The lowest BCUT2D eigenvalue weighted by Gasteiger charge is -2.27. The average molecular weight is 391 g/mol. The molecule has 0 aliphatic rings. The van der Waals surface area contributed by atoms with Crippen LogP contribution in [-0.4, -0.2) is 38.8 Å². The molecular weight excluding hydrogens is 360 g/mol. The van der Waals surface area contributed by atoms with Crippen LogP contribution in [0.4, 0.5) is 0 Å². The van der Waals surface area contributed by atoms with Crippen LogP contribution in [0.1, 0.15) is 35.0 Å². The summed E-state index contributed by atoms with van der Waals surface area (Å²) in [5.41, 5.74) is 2.13. The van der Waals surface area contributed by atoms with Gasteiger partial charge in [-0.15, -0.1) is 11.3 Å². The number of methoxy groups -OCH3 is 2. The van der Waals surface area contributed by atoms with Crippen molar-refractivity contribution in [1.82, 2.24) is 15.6 Å². The average Bonchev–Trinajstić information content (AvgIpc) is 2.98. The van der Waals surface area contributed by atoms with Gasteiger partial charge in [-0.2, -0.15) is 0 Å². The van der Waals surface area contributed by atoms with E-state index in [2.05, 4.69) is 47.4 Å². The second kappa shape index (κ2) is 9.08. The van der Waals surface area contributed by atoms with Gasteiger partial charge in [0.2, 0.25) is 0 Å². The Hall–Kier alpha value is -2.28. The summed E-state index contributed by atoms with van der Waals surface area (Å²) in [6.45, 7) is 9.88. The first-order valence-corrected chi connectivity index (χ1v) is 9.72. The zero-order valence-corrected chi connectivity index (χ0v) is 18.1. The molecule has 2 rings (SSSR count). The molecule has 148 valence electrons. The van der Waals surface area contributed by atoms with Crippen LogP contribution in [0.2, 0.25) is 0 Å². The number of aliphatic imine (C=N–C) groups is 1. The lowest BCUT2D eigenvalue weighted by Crippen LogP contribution is -2.43. The number of aromatic nitrogens is 1. The smallest absolute Gasteiger partial charge is 0.191 e. The third kappa shape index (κ3) is 5.35. The first-order chi connectivity index (χ1) is 12.8. The van der Waals surface area contributed by atoms with Gasteiger partial charge in [0.15, 0.2) is 17.5 Å². The van der Waals surface area contributed by atoms with Crippen molar-refractivity contribution in [1.29, 1.82) is 0 Å². The Morgan fingerprint density at radius 3 is 2.41 bits per heavy atom. The molecule has 0 bridgehead atoms. The van der Waals surface area contributed by atoms with Gasteiger partial charge in [-0.1, -0.05) is 19.9 Å². The zero-order chi connectivity index (χ0) is 20.0. The van der Waals surface area contributed by atoms with Crippen LogP contribution in [0.3, 0.4) is 0 Å². The minimum atomic E-state index is -0.120. The van der Waals surface area contributed by atoms with Crippen molar-refractivity contribution < 1.29 is 9.47 Å². The summed E-state index contributed by atoms with van der Waals surface area (Å²) in [6.07, 6.45) is 0. The number of nitrogens with zero attached hydrogens (tertiary/aromatic N) is 2. The van der Waals surface area contributed by atoms with Gasteiger partial charge in [0.25, 0.3) is 0 Å². The van der Waals surface area contributed by atoms with E-state index in [-0.39, 0.29) is 5.41 Å². The number of thiazole rings is 1. The Morgan fingerprint density at radius 1 is 1.15 bits per heavy atom. The maximum absolute atomic E-state index is 5.43. The Balaban J connectivity index is 1.99. The molecule has 27 heavy (non-hydrogen) atoms. The summed E-state index contributed by atoms with van der Waals surface area (Å²) in [5, 5.41) is 7.80. The van der Waals surface area contributed by atoms with Crippen LogP contribution in [0.25, 0.3) is 0 Å². The monoisotopic (exact) mass is 390 g/mol. The van der Waals surface area contributed by atoms with Crippen molar-refractivity contribution in [2.75, 3.05) is 27.8 Å². The zero-order valence-electron chi connectivity index (χ0n) is 17.3. The highest BCUT2D eigenvalue weighted by Gasteiger charge is 2.22. The number of guanidine groups is 1. The molecule has 6 nitrogen and oxygen atoms in total. The third-order valence-electron chi connectivity index (χ3n) is 4.57. The fourth-order valence-electron chi connectivity index (χ4n) is 2.66. The van der Waals surface area contributed by atoms with Crippen molar-refractivity contribution >= 4 is 17.3 Å². The van der Waals surface area contributed by atoms with Crippen LogP contribution in [0.15, 0.2) is 23.2 Å². The number of ether oxygens (including phenoxy) is 2. The summed E-state index contributed by atoms with van der Waals surface area (Å²) in [6, 6.07) is 6.04. The molecule has 0 fully saturated rings. The number of rotatable bonds is 7. The van der Waals surface area contributed by atoms with E-state index in [9.17, 15) is 0 Å². The maximum Gasteiger partial charge on any atom is 0.191 e. The molecular formula is C20H30N4O2S. The number of aryl methyl sites for hydroxylation is 2. The molecule has 0 unspecified atom stereocenters. The highest BCUT2D eigenvalue weighted by molar-refractivity contribution is 7.11. The van der Waals surface area contributed by atoms with E-state index in [0.717, 1.165) is 40.3 Å². The molecule has 1 heterocycles. The van der Waals surface area contributed by atoms with Gasteiger partial charge in [0.1, 0.15) is 5.01 Å². The van der Waals surface area contributed by atoms with Crippen molar-refractivity contribution in [3.8, 4) is 11.5 Å². The van der Waals surface area contributed by atoms with E-state index in [1.165, 1.54) is 4.88 Å². The highest BCUT2D eigenvalue weighted by atomic mass is 32.1. The van der Waals surface area contributed by atoms with Crippen LogP contribution in [0.5, 0.6) is 11.5 Å². The van der Waals surface area contributed by atoms with Crippen molar-refractivity contribution in [2.24, 2.45) is 4.99 Å². The largest absolute Gasteiger partial charge is 0.493 e. The first kappa shape index (κ1) is 21.0. The van der Waals surface area contributed by atoms with Gasteiger partial charge in [-0.3, -0.25) is 4.99 Å². The third-order valence-corrected chi connectivity index (χ3v) is 5.64. The fourth-order valence-corrected chi connectivity index (χ4v) is 3.53. The number of hydrogen-bond donors (Lipinski definition) is 2. The molecule has 2 aromatic rings. The number of benzene rings is 1. The molecule has 0 radical (unpaired) electrons. The van der Waals surface area contributed by atoms with Gasteiger partial charge >= 0.3 is 0 Å². The van der Waals surface area contributed by atoms with Crippen LogP contribution in [-0.2, 0) is 12.0 Å². The molecule has 1 aromatic carbocycles. The predicted molar refractivity (Wildman–Crippen MR) is 112 cm³/mol. The predicted octanol–water partition coefficient (Wildman–Crippen LogP) is 3.42. The quantitative estimate of drug-likeness (QED) is 0.560. The SMILES string of the molecule is CN=C(NCc1nc(C)c(C)s1)NCC(C)(C)c1ccc(OC)c(OC)c1. The van der Waals surface area contributed by atoms with Gasteiger partial charge < -0.3 is 20.1 Å². The second-order valence-corrected chi connectivity index (χ2v) is 8.27. The minimum Gasteiger partial charge on any atom is -0.493 e. The van der Waals surface area contributed by atoms with Gasteiger partial charge in [-0.25, -0.2) is 4.98 Å². The summed E-state index contributed by atoms with van der Waals surface area (Å²) >= 11 is 1.71. The molecule has 7 heteroatoms. The van der Waals surface area contributed by atoms with Crippen molar-refractivity contribution in [2.45, 2.75) is 39.7 Å². The Labute approximate surface area is 166 Å². The maximum atomic E-state index is 5.43. The molecule has 0 saturated heterocycles. The second-order valence-electron chi connectivity index (χ2n) is 6.98. The van der Waals surface area contributed by atoms with E-state index in [1.807, 2.05) is 19.1 Å². The summed E-state index contributed by atoms with van der Waals surface area (Å²) in [7, 11) is 5.07. The summed E-state index contributed by atoms with van der Waals surface area (Å²) in [5.74, 6) is 2.23. The standard InChI is InChI=1S/C20H30N4O2S/c1-13-14(2)27-18(24-13)11-22-19(21-5)23-12-20(3,4)15-8-9-16(25-6)17(10-15)26-7/h8-10H,11-12H2,1-7H3,(H2,21,22,23). The van der Waals surface area contributed by atoms with E-state index in [0.29, 0.717) is 6.54 Å². The Kier molecular flexibility index (Phi) is 7.07. The molecule has 0 aliphatic heterocycles. The van der Waals surface area contributed by atoms with E-state index >= 15 is 0 Å². The molecule has 1 aromatic heterocycles. The molecule has 0 saturated carbocycles. The molecule has 0 atom stereocenters. The highest BCUT2D eigenvalue weighted by Crippen LogP contribution is 2.32. The number of hydrogen-bond acceptors (Lipinski definition) is 5. The Bertz CT molecular complexity index is 780. The first-order valence-electron chi connectivity index (χ1n) is 8.90. The van der Waals surface area contributed by atoms with Crippen molar-refractivity contribution in [3.05, 3.63) is 39.3 Å².